The van der Waals surface area contributed by atoms with E-state index in [0.29, 0.717) is 0 Å². The number of nitrogens with one attached hydrogen (secondary N) is 1. The van der Waals surface area contributed by atoms with Crippen LogP contribution in [-0.2, 0) is 6.54 Å². The van der Waals surface area contributed by atoms with Gasteiger partial charge in [0.05, 0.1) is 12.2 Å². The molecule has 1 aliphatic heterocycles. The molecule has 1 aromatic rings. The van der Waals surface area contributed by atoms with E-state index in [0.717, 1.165) is 38.4 Å². The molecule has 1 N–H and O–H groups in total. The van der Waals surface area contributed by atoms with Gasteiger partial charge in [-0.15, -0.1) is 0 Å². The third-order valence-electron chi connectivity index (χ3n) is 2.60. The van der Waals surface area contributed by atoms with Gasteiger partial charge < -0.3 is 4.90 Å². The van der Waals surface area contributed by atoms with Crippen molar-refractivity contribution in [3.05, 3.63) is 24.3 Å². The number of hydrogen-bond donors (Lipinski definition) is 1. The number of likely N-dealkylation sites (N-methyl/N-ethyl adjacent to an activating group) is 1. The molecule has 0 aromatic carbocycles. The Morgan fingerprint density at radius 2 is 2.07 bits per heavy atom. The molecule has 1 fully saturated rings. The Balaban J connectivity index is 1.74. The number of rotatable bonds is 3. The summed E-state index contributed by atoms with van der Waals surface area (Å²) in [5.74, 6) is 0. The van der Waals surface area contributed by atoms with Crippen LogP contribution in [0.15, 0.2) is 18.6 Å². The molecule has 2 rings (SSSR count). The van der Waals surface area contributed by atoms with Gasteiger partial charge in [0, 0.05) is 44.8 Å². The number of piperazine rings is 1. The summed E-state index contributed by atoms with van der Waals surface area (Å²) in [7, 11) is 2.15. The summed E-state index contributed by atoms with van der Waals surface area (Å²) in [5, 5.41) is 2.24. The van der Waals surface area contributed by atoms with Crippen LogP contribution < -0.4 is 5.43 Å². The summed E-state index contributed by atoms with van der Waals surface area (Å²) >= 11 is 0. The second kappa shape index (κ2) is 5.16. The van der Waals surface area contributed by atoms with Crippen LogP contribution in [-0.4, -0.2) is 53.1 Å². The van der Waals surface area contributed by atoms with Gasteiger partial charge in [-0.2, -0.15) is 0 Å². The molecule has 0 aliphatic carbocycles. The Hall–Kier alpha value is -1.04. The minimum absolute atomic E-state index is 0.761. The molecule has 1 saturated heterocycles. The minimum Gasteiger partial charge on any atom is -0.304 e. The van der Waals surface area contributed by atoms with Crippen LogP contribution >= 0.6 is 0 Å². The van der Waals surface area contributed by atoms with Gasteiger partial charge in [-0.1, -0.05) is 0 Å². The van der Waals surface area contributed by atoms with Crippen molar-refractivity contribution in [3.8, 4) is 0 Å². The molecule has 82 valence electrons. The van der Waals surface area contributed by atoms with Crippen molar-refractivity contribution >= 4 is 0 Å². The molecule has 1 aliphatic rings. The predicted octanol–water partition coefficient (Wildman–Crippen LogP) is -0.271. The van der Waals surface area contributed by atoms with Gasteiger partial charge in [-0.3, -0.25) is 9.97 Å². The first-order valence-corrected chi connectivity index (χ1v) is 5.26. The first kappa shape index (κ1) is 10.5. The zero-order valence-electron chi connectivity index (χ0n) is 9.06. The van der Waals surface area contributed by atoms with Crippen molar-refractivity contribution in [1.82, 2.24) is 25.3 Å². The molecule has 1 aromatic heterocycles. The Bertz CT molecular complexity index is 281. The highest BCUT2D eigenvalue weighted by molar-refractivity contribution is 4.93. The second-order valence-electron chi connectivity index (χ2n) is 3.82. The zero-order chi connectivity index (χ0) is 10.5. The summed E-state index contributed by atoms with van der Waals surface area (Å²) in [6, 6.07) is 0. The molecule has 2 heterocycles. The molecular weight excluding hydrogens is 190 g/mol. The predicted molar refractivity (Wildman–Crippen MR) is 57.9 cm³/mol. The smallest absolute Gasteiger partial charge is 0.0738 e. The highest BCUT2D eigenvalue weighted by Gasteiger charge is 2.12. The molecule has 0 bridgehead atoms. The lowest BCUT2D eigenvalue weighted by Gasteiger charge is -2.32. The Labute approximate surface area is 90.1 Å². The van der Waals surface area contributed by atoms with Crippen LogP contribution in [0.25, 0.3) is 0 Å². The molecule has 0 unspecified atom stereocenters. The van der Waals surface area contributed by atoms with Gasteiger partial charge in [0.25, 0.3) is 0 Å². The van der Waals surface area contributed by atoms with E-state index in [-0.39, 0.29) is 0 Å². The van der Waals surface area contributed by atoms with E-state index >= 15 is 0 Å². The second-order valence-corrected chi connectivity index (χ2v) is 3.82. The molecule has 5 nitrogen and oxygen atoms in total. The summed E-state index contributed by atoms with van der Waals surface area (Å²) in [4.78, 5) is 10.6. The topological polar surface area (TPSA) is 44.3 Å². The number of aromatic nitrogens is 2. The first-order chi connectivity index (χ1) is 7.34. The fourth-order valence-corrected chi connectivity index (χ4v) is 1.58. The van der Waals surface area contributed by atoms with Crippen molar-refractivity contribution in [2.75, 3.05) is 33.2 Å². The van der Waals surface area contributed by atoms with Crippen LogP contribution in [0.1, 0.15) is 5.69 Å². The van der Waals surface area contributed by atoms with Crippen molar-refractivity contribution in [2.24, 2.45) is 0 Å². The highest BCUT2D eigenvalue weighted by Crippen LogP contribution is 1.97. The fourth-order valence-electron chi connectivity index (χ4n) is 1.58. The Morgan fingerprint density at radius 1 is 1.27 bits per heavy atom. The highest BCUT2D eigenvalue weighted by atomic mass is 15.5. The van der Waals surface area contributed by atoms with Gasteiger partial charge in [0.15, 0.2) is 0 Å². The van der Waals surface area contributed by atoms with Crippen LogP contribution in [0.5, 0.6) is 0 Å². The SMILES string of the molecule is CN1CCN(NCc2cnccn2)CC1. The maximum atomic E-state index is 4.22. The van der Waals surface area contributed by atoms with E-state index in [1.54, 1.807) is 18.6 Å². The first-order valence-electron chi connectivity index (χ1n) is 5.26. The van der Waals surface area contributed by atoms with Crippen molar-refractivity contribution in [1.29, 1.82) is 0 Å². The third kappa shape index (κ3) is 3.23. The van der Waals surface area contributed by atoms with E-state index in [9.17, 15) is 0 Å². The molecule has 0 spiro atoms. The largest absolute Gasteiger partial charge is 0.304 e. The normalized spacial score (nSPS) is 19.3. The number of hydrazine groups is 1. The van der Waals surface area contributed by atoms with Crippen molar-refractivity contribution in [2.45, 2.75) is 6.54 Å². The zero-order valence-corrected chi connectivity index (χ0v) is 9.06. The Morgan fingerprint density at radius 3 is 2.73 bits per heavy atom. The molecule has 15 heavy (non-hydrogen) atoms. The molecular formula is C10H17N5. The summed E-state index contributed by atoms with van der Waals surface area (Å²) < 4.78 is 0. The molecule has 0 amide bonds. The number of nitrogens with zero attached hydrogens (tertiary/aromatic N) is 4. The van der Waals surface area contributed by atoms with E-state index in [1.807, 2.05) is 0 Å². The average Bonchev–Trinajstić information content (AvgIpc) is 2.30. The third-order valence-corrected chi connectivity index (χ3v) is 2.60. The Kier molecular flexibility index (Phi) is 3.60. The van der Waals surface area contributed by atoms with E-state index in [1.165, 1.54) is 0 Å². The van der Waals surface area contributed by atoms with Crippen LogP contribution in [0, 0.1) is 0 Å². The lowest BCUT2D eigenvalue weighted by Crippen LogP contribution is -2.50. The maximum absolute atomic E-state index is 4.22. The lowest BCUT2D eigenvalue weighted by atomic mass is 10.4. The quantitative estimate of drug-likeness (QED) is 0.739. The van der Waals surface area contributed by atoms with Gasteiger partial charge in [0.1, 0.15) is 0 Å². The van der Waals surface area contributed by atoms with Crippen LogP contribution in [0.4, 0.5) is 0 Å². The van der Waals surface area contributed by atoms with E-state index in [2.05, 4.69) is 32.4 Å². The van der Waals surface area contributed by atoms with Crippen LogP contribution in [0.2, 0.25) is 0 Å². The van der Waals surface area contributed by atoms with E-state index in [4.69, 9.17) is 0 Å². The average molecular weight is 207 g/mol. The van der Waals surface area contributed by atoms with Crippen molar-refractivity contribution < 1.29 is 0 Å². The van der Waals surface area contributed by atoms with Gasteiger partial charge in [-0.05, 0) is 7.05 Å². The van der Waals surface area contributed by atoms with Gasteiger partial charge in [0.2, 0.25) is 0 Å². The molecule has 0 radical (unpaired) electrons. The van der Waals surface area contributed by atoms with Gasteiger partial charge in [-0.25, -0.2) is 10.4 Å². The summed E-state index contributed by atoms with van der Waals surface area (Å²) in [6.45, 7) is 5.13. The lowest BCUT2D eigenvalue weighted by molar-refractivity contribution is 0.101. The van der Waals surface area contributed by atoms with Gasteiger partial charge >= 0.3 is 0 Å². The monoisotopic (exact) mass is 207 g/mol. The van der Waals surface area contributed by atoms with Crippen molar-refractivity contribution in [3.63, 3.8) is 0 Å². The summed E-state index contributed by atoms with van der Waals surface area (Å²) in [6.07, 6.45) is 5.21. The molecule has 0 atom stereocenters. The number of hydrogen-bond acceptors (Lipinski definition) is 5. The fraction of sp³-hybridized carbons (Fsp3) is 0.600. The molecule has 5 heteroatoms. The standard InChI is InChI=1S/C10H17N5/c1-14-4-6-15(7-5-14)13-9-10-8-11-2-3-12-10/h2-3,8,13H,4-7,9H2,1H3. The minimum atomic E-state index is 0.761. The van der Waals surface area contributed by atoms with E-state index < -0.39 is 0 Å². The molecule has 0 saturated carbocycles. The maximum Gasteiger partial charge on any atom is 0.0738 e. The van der Waals surface area contributed by atoms with Crippen LogP contribution in [0.3, 0.4) is 0 Å². The summed E-state index contributed by atoms with van der Waals surface area (Å²) in [5.41, 5.74) is 4.35.